The van der Waals surface area contributed by atoms with Gasteiger partial charge in [-0.05, 0) is 69.0 Å². The van der Waals surface area contributed by atoms with Crippen LogP contribution in [0.25, 0.3) is 0 Å². The summed E-state index contributed by atoms with van der Waals surface area (Å²) in [6.45, 7) is 2.62. The Morgan fingerprint density at radius 2 is 1.93 bits per heavy atom. The number of rotatable bonds is 4. The number of nitrogens with zero attached hydrogens (tertiary/aromatic N) is 2. The molecule has 5 nitrogen and oxygen atoms in total. The molecule has 1 unspecified atom stereocenters. The zero-order chi connectivity index (χ0) is 19.0. The molecule has 0 bridgehead atoms. The molecule has 2 amide bonds. The van der Waals surface area contributed by atoms with E-state index in [9.17, 15) is 14.0 Å². The number of halogens is 1. The highest BCUT2D eigenvalue weighted by Gasteiger charge is 2.36. The predicted molar refractivity (Wildman–Crippen MR) is 99.9 cm³/mol. The molecule has 1 atom stereocenters. The predicted octanol–water partition coefficient (Wildman–Crippen LogP) is 3.40. The summed E-state index contributed by atoms with van der Waals surface area (Å²) in [5.74, 6) is -0.249. The number of carbonyl (C=O) groups is 2. The lowest BCUT2D eigenvalue weighted by atomic mass is 10.0. The van der Waals surface area contributed by atoms with Crippen LogP contribution < -0.4 is 10.2 Å². The van der Waals surface area contributed by atoms with Crippen molar-refractivity contribution >= 4 is 17.5 Å². The minimum atomic E-state index is -0.374. The van der Waals surface area contributed by atoms with E-state index in [1.54, 1.807) is 0 Å². The number of fused-ring (bicyclic) bond motifs is 1. The highest BCUT2D eigenvalue weighted by molar-refractivity contribution is 5.97. The van der Waals surface area contributed by atoms with Gasteiger partial charge in [0.15, 0.2) is 0 Å². The molecule has 4 rings (SSSR count). The van der Waals surface area contributed by atoms with E-state index in [4.69, 9.17) is 4.98 Å². The fourth-order valence-corrected chi connectivity index (χ4v) is 3.44. The van der Waals surface area contributed by atoms with E-state index in [2.05, 4.69) is 5.32 Å². The van der Waals surface area contributed by atoms with Gasteiger partial charge >= 0.3 is 0 Å². The molecular weight excluding hydrogens is 345 g/mol. The van der Waals surface area contributed by atoms with Gasteiger partial charge in [0.25, 0.3) is 5.91 Å². The molecule has 140 valence electrons. The third-order valence-electron chi connectivity index (χ3n) is 5.15. The standard InChI is InChI=1S/C21H22FN3O2/c1-13(23-20(26)14-6-8-16(22)9-7-14)17-10-11-19-18(24-17)3-2-12-25(19)21(27)15-4-5-15/h6-11,13,15H,2-5,12H2,1H3,(H,23,26). The Kier molecular flexibility index (Phi) is 4.64. The molecule has 1 aromatic carbocycles. The lowest BCUT2D eigenvalue weighted by Crippen LogP contribution is -2.37. The average Bonchev–Trinajstić information content (AvgIpc) is 3.52. The van der Waals surface area contributed by atoms with Crippen molar-refractivity contribution in [3.63, 3.8) is 0 Å². The molecule has 6 heteroatoms. The Labute approximate surface area is 157 Å². The van der Waals surface area contributed by atoms with Crippen molar-refractivity contribution in [1.29, 1.82) is 0 Å². The first kappa shape index (κ1) is 17.6. The maximum absolute atomic E-state index is 13.0. The van der Waals surface area contributed by atoms with Gasteiger partial charge in [-0.1, -0.05) is 0 Å². The van der Waals surface area contributed by atoms with E-state index in [0.29, 0.717) is 5.56 Å². The van der Waals surface area contributed by atoms with Crippen molar-refractivity contribution in [2.24, 2.45) is 5.92 Å². The third kappa shape index (κ3) is 3.70. The van der Waals surface area contributed by atoms with Crippen LogP contribution in [-0.4, -0.2) is 23.3 Å². The number of anilines is 1. The monoisotopic (exact) mass is 367 g/mol. The van der Waals surface area contributed by atoms with E-state index in [1.807, 2.05) is 24.0 Å². The van der Waals surface area contributed by atoms with Crippen LogP contribution in [-0.2, 0) is 11.2 Å². The summed E-state index contributed by atoms with van der Waals surface area (Å²) in [6.07, 6.45) is 3.71. The quantitative estimate of drug-likeness (QED) is 0.901. The zero-order valence-corrected chi connectivity index (χ0v) is 15.2. The first-order valence-corrected chi connectivity index (χ1v) is 9.40. The highest BCUT2D eigenvalue weighted by Crippen LogP contribution is 2.35. The summed E-state index contributed by atoms with van der Waals surface area (Å²) in [5, 5.41) is 2.90. The number of hydrogen-bond acceptors (Lipinski definition) is 3. The van der Waals surface area contributed by atoms with Crippen LogP contribution >= 0.6 is 0 Å². The summed E-state index contributed by atoms with van der Waals surface area (Å²) in [4.78, 5) is 31.4. The second-order valence-corrected chi connectivity index (χ2v) is 7.27. The summed E-state index contributed by atoms with van der Waals surface area (Å²) in [5.41, 5.74) is 2.97. The van der Waals surface area contributed by atoms with Crippen LogP contribution in [0.4, 0.5) is 10.1 Å². The van der Waals surface area contributed by atoms with Gasteiger partial charge in [-0.25, -0.2) is 4.39 Å². The Morgan fingerprint density at radius 3 is 2.63 bits per heavy atom. The van der Waals surface area contributed by atoms with E-state index < -0.39 is 0 Å². The maximum atomic E-state index is 13.0. The molecule has 0 spiro atoms. The summed E-state index contributed by atoms with van der Waals surface area (Å²) < 4.78 is 13.0. The molecule has 0 radical (unpaired) electrons. The lowest BCUT2D eigenvalue weighted by molar-refractivity contribution is -0.119. The lowest BCUT2D eigenvalue weighted by Gasteiger charge is -2.29. The minimum Gasteiger partial charge on any atom is -0.344 e. The van der Waals surface area contributed by atoms with Crippen LogP contribution in [0, 0.1) is 11.7 Å². The molecule has 27 heavy (non-hydrogen) atoms. The van der Waals surface area contributed by atoms with Gasteiger partial charge in [-0.15, -0.1) is 0 Å². The van der Waals surface area contributed by atoms with E-state index in [1.165, 1.54) is 24.3 Å². The smallest absolute Gasteiger partial charge is 0.251 e. The first-order valence-electron chi connectivity index (χ1n) is 9.40. The molecule has 2 aliphatic rings. The summed E-state index contributed by atoms with van der Waals surface area (Å²) in [7, 11) is 0. The van der Waals surface area contributed by atoms with Gasteiger partial charge in [0, 0.05) is 18.0 Å². The van der Waals surface area contributed by atoms with Crippen LogP contribution in [0.2, 0.25) is 0 Å². The van der Waals surface area contributed by atoms with Gasteiger partial charge in [0.2, 0.25) is 5.91 Å². The zero-order valence-electron chi connectivity index (χ0n) is 15.2. The second kappa shape index (κ2) is 7.10. The number of pyridine rings is 1. The van der Waals surface area contributed by atoms with Crippen LogP contribution in [0.1, 0.15) is 54.0 Å². The molecule has 2 aromatic rings. The first-order chi connectivity index (χ1) is 13.0. The Hall–Kier alpha value is -2.76. The molecule has 1 fully saturated rings. The average molecular weight is 367 g/mol. The Bertz CT molecular complexity index is 877. The number of carbonyl (C=O) groups excluding carboxylic acids is 2. The molecule has 1 aliphatic carbocycles. The van der Waals surface area contributed by atoms with E-state index >= 15 is 0 Å². The number of amides is 2. The van der Waals surface area contributed by atoms with Crippen molar-refractivity contribution < 1.29 is 14.0 Å². The number of aryl methyl sites for hydroxylation is 1. The molecule has 1 saturated carbocycles. The van der Waals surface area contributed by atoms with Gasteiger partial charge in [-0.3, -0.25) is 14.6 Å². The van der Waals surface area contributed by atoms with Crippen LogP contribution in [0.3, 0.4) is 0 Å². The van der Waals surface area contributed by atoms with Gasteiger partial charge < -0.3 is 10.2 Å². The SMILES string of the molecule is CC(NC(=O)c1ccc(F)cc1)c1ccc2c(n1)CCCN2C(=O)C1CC1. The molecule has 1 aromatic heterocycles. The molecular formula is C21H22FN3O2. The van der Waals surface area contributed by atoms with Crippen molar-refractivity contribution in [2.45, 2.75) is 38.6 Å². The van der Waals surface area contributed by atoms with Crippen LogP contribution in [0.15, 0.2) is 36.4 Å². The number of hydrogen-bond donors (Lipinski definition) is 1. The van der Waals surface area contributed by atoms with Crippen molar-refractivity contribution in [3.8, 4) is 0 Å². The van der Waals surface area contributed by atoms with Crippen molar-refractivity contribution in [1.82, 2.24) is 10.3 Å². The molecule has 2 heterocycles. The third-order valence-corrected chi connectivity index (χ3v) is 5.15. The number of aromatic nitrogens is 1. The minimum absolute atomic E-state index is 0.185. The largest absolute Gasteiger partial charge is 0.344 e. The fourth-order valence-electron chi connectivity index (χ4n) is 3.44. The second-order valence-electron chi connectivity index (χ2n) is 7.27. The Morgan fingerprint density at radius 1 is 1.19 bits per heavy atom. The fraction of sp³-hybridized carbons (Fsp3) is 0.381. The normalized spacial score (nSPS) is 17.2. The topological polar surface area (TPSA) is 62.3 Å². The molecule has 1 aliphatic heterocycles. The maximum Gasteiger partial charge on any atom is 0.251 e. The number of nitrogens with one attached hydrogen (secondary N) is 1. The summed E-state index contributed by atoms with van der Waals surface area (Å²) in [6, 6.07) is 8.97. The van der Waals surface area contributed by atoms with Gasteiger partial charge in [-0.2, -0.15) is 0 Å². The Balaban J connectivity index is 1.50. The highest BCUT2D eigenvalue weighted by atomic mass is 19.1. The summed E-state index contributed by atoms with van der Waals surface area (Å²) >= 11 is 0. The molecule has 1 N–H and O–H groups in total. The van der Waals surface area contributed by atoms with Gasteiger partial charge in [0.1, 0.15) is 5.82 Å². The van der Waals surface area contributed by atoms with Gasteiger partial charge in [0.05, 0.1) is 23.1 Å². The number of benzene rings is 1. The van der Waals surface area contributed by atoms with Crippen LogP contribution in [0.5, 0.6) is 0 Å². The van der Waals surface area contributed by atoms with Crippen molar-refractivity contribution in [2.75, 3.05) is 11.4 Å². The van der Waals surface area contributed by atoms with E-state index in [-0.39, 0.29) is 29.6 Å². The molecule has 0 saturated heterocycles. The van der Waals surface area contributed by atoms with E-state index in [0.717, 1.165) is 49.3 Å². The van der Waals surface area contributed by atoms with Crippen molar-refractivity contribution in [3.05, 3.63) is 59.2 Å².